The Kier molecular flexibility index (Phi) is 4.92. The van der Waals surface area contributed by atoms with E-state index in [1.54, 1.807) is 11.0 Å². The molecule has 29 heavy (non-hydrogen) atoms. The van der Waals surface area contributed by atoms with Gasteiger partial charge < -0.3 is 4.74 Å². The molecule has 0 N–H and O–H groups in total. The molecule has 4 rings (SSSR count). The third-order valence-electron chi connectivity index (χ3n) is 4.83. The van der Waals surface area contributed by atoms with Crippen molar-refractivity contribution in [1.82, 2.24) is 0 Å². The van der Waals surface area contributed by atoms with Gasteiger partial charge in [-0.15, -0.1) is 0 Å². The number of ether oxygens (including phenoxy) is 1. The van der Waals surface area contributed by atoms with Gasteiger partial charge in [-0.1, -0.05) is 23.3 Å². The highest BCUT2D eigenvalue weighted by Crippen LogP contribution is 2.31. The molecule has 0 radical (unpaired) electrons. The Balaban J connectivity index is 1.52. The molecular weight excluding hydrogens is 379 g/mol. The van der Waals surface area contributed by atoms with Crippen molar-refractivity contribution < 1.29 is 18.7 Å². The van der Waals surface area contributed by atoms with E-state index in [9.17, 15) is 14.0 Å². The highest BCUT2D eigenvalue weighted by molar-refractivity contribution is 6.06. The number of benzene rings is 2. The fraction of sp³-hybridized carbons (Fsp3) is 0.263. The highest BCUT2D eigenvalue weighted by Gasteiger charge is 2.34. The van der Waals surface area contributed by atoms with Crippen LogP contribution in [-0.4, -0.2) is 44.4 Å². The van der Waals surface area contributed by atoms with E-state index >= 15 is 0 Å². The van der Waals surface area contributed by atoms with Crippen LogP contribution in [0, 0.1) is 5.82 Å². The van der Waals surface area contributed by atoms with Crippen LogP contribution in [0.4, 0.5) is 31.0 Å². The lowest BCUT2D eigenvalue weighted by Gasteiger charge is -2.20. The molecule has 2 saturated heterocycles. The third kappa shape index (κ3) is 3.53. The molecule has 0 saturated carbocycles. The first-order valence-corrected chi connectivity index (χ1v) is 9.01. The number of anilines is 3. The average molecular weight is 396 g/mol. The zero-order chi connectivity index (χ0) is 20.4. The largest absolute Gasteiger partial charge is 0.444 e. The molecule has 2 fully saturated rings. The van der Waals surface area contributed by atoms with Crippen molar-refractivity contribution in [3.05, 3.63) is 64.8 Å². The number of nitrogens with zero attached hydrogens (tertiary/aromatic N) is 6. The van der Waals surface area contributed by atoms with E-state index in [0.29, 0.717) is 18.8 Å². The number of para-hydroxylation sites is 1. The van der Waals surface area contributed by atoms with Crippen LogP contribution < -0.4 is 14.7 Å². The first kappa shape index (κ1) is 18.6. The number of halogens is 1. The van der Waals surface area contributed by atoms with Gasteiger partial charge in [-0.3, -0.25) is 14.7 Å². The maximum absolute atomic E-state index is 14.8. The molecule has 3 amide bonds. The SMILES string of the molecule is [N-]=[N+]=NC[C@H]1CN(c2ccc(N3CCN(c4ccccc4)C3=O)c(F)c2)C(=O)O1. The monoisotopic (exact) mass is 396 g/mol. The lowest BCUT2D eigenvalue weighted by molar-refractivity contribution is 0.145. The summed E-state index contributed by atoms with van der Waals surface area (Å²) in [4.78, 5) is 31.7. The number of cyclic esters (lactones) is 1. The number of azide groups is 1. The Bertz CT molecular complexity index is 995. The van der Waals surface area contributed by atoms with Crippen LogP contribution in [-0.2, 0) is 4.74 Å². The second kappa shape index (κ2) is 7.69. The lowest BCUT2D eigenvalue weighted by Crippen LogP contribution is -2.32. The highest BCUT2D eigenvalue weighted by atomic mass is 19.1. The molecule has 0 unspecified atom stereocenters. The van der Waals surface area contributed by atoms with Crippen molar-refractivity contribution in [1.29, 1.82) is 0 Å². The molecule has 1 atom stereocenters. The van der Waals surface area contributed by atoms with Gasteiger partial charge in [-0.25, -0.2) is 14.0 Å². The van der Waals surface area contributed by atoms with E-state index in [1.165, 1.54) is 21.9 Å². The molecule has 0 spiro atoms. The molecule has 2 aliphatic heterocycles. The molecule has 148 valence electrons. The maximum Gasteiger partial charge on any atom is 0.414 e. The van der Waals surface area contributed by atoms with Gasteiger partial charge >= 0.3 is 12.1 Å². The zero-order valence-electron chi connectivity index (χ0n) is 15.3. The smallest absolute Gasteiger partial charge is 0.414 e. The van der Waals surface area contributed by atoms with Crippen LogP contribution in [0.1, 0.15) is 0 Å². The molecular formula is C19H17FN6O3. The predicted octanol–water partition coefficient (Wildman–Crippen LogP) is 3.91. The predicted molar refractivity (Wildman–Crippen MR) is 105 cm³/mol. The molecule has 9 nitrogen and oxygen atoms in total. The molecule has 0 bridgehead atoms. The summed E-state index contributed by atoms with van der Waals surface area (Å²) in [7, 11) is 0. The van der Waals surface area contributed by atoms with Crippen LogP contribution in [0.5, 0.6) is 0 Å². The number of hydrogen-bond donors (Lipinski definition) is 0. The van der Waals surface area contributed by atoms with Gasteiger partial charge in [-0.2, -0.15) is 0 Å². The molecule has 2 heterocycles. The molecule has 10 heteroatoms. The number of hydrogen-bond acceptors (Lipinski definition) is 4. The Morgan fingerprint density at radius 1 is 1.07 bits per heavy atom. The fourth-order valence-corrected chi connectivity index (χ4v) is 3.45. The van der Waals surface area contributed by atoms with E-state index < -0.39 is 18.0 Å². The van der Waals surface area contributed by atoms with Crippen LogP contribution in [0.3, 0.4) is 0 Å². The summed E-state index contributed by atoms with van der Waals surface area (Å²) in [6.45, 7) is 0.964. The van der Waals surface area contributed by atoms with Gasteiger partial charge in [0.1, 0.15) is 11.9 Å². The topological polar surface area (TPSA) is 102 Å². The Morgan fingerprint density at radius 3 is 2.55 bits per heavy atom. The van der Waals surface area contributed by atoms with Gasteiger partial charge in [0, 0.05) is 23.7 Å². The van der Waals surface area contributed by atoms with Crippen LogP contribution in [0.15, 0.2) is 53.6 Å². The minimum absolute atomic E-state index is 0.0108. The number of rotatable bonds is 5. The minimum atomic E-state index is -0.636. The standard InChI is InChI=1S/C19H17FN6O3/c20-16-10-14(26-12-15(11-22-23-21)29-19(26)28)6-7-17(16)25-9-8-24(18(25)27)13-4-2-1-3-5-13/h1-7,10,15H,8-9,11-12H2/t15-/m0/s1. The van der Waals surface area contributed by atoms with E-state index in [1.807, 2.05) is 30.3 Å². The summed E-state index contributed by atoms with van der Waals surface area (Å²) < 4.78 is 19.9. The summed E-state index contributed by atoms with van der Waals surface area (Å²) in [5, 5.41) is 3.39. The van der Waals surface area contributed by atoms with Crippen molar-refractivity contribution in [3.8, 4) is 0 Å². The number of amides is 3. The normalized spacial score (nSPS) is 18.8. The summed E-state index contributed by atoms with van der Waals surface area (Å²) in [6, 6.07) is 13.1. The first-order chi connectivity index (χ1) is 14.1. The quantitative estimate of drug-likeness (QED) is 0.435. The fourth-order valence-electron chi connectivity index (χ4n) is 3.45. The lowest BCUT2D eigenvalue weighted by atomic mass is 10.2. The Labute approximate surface area is 165 Å². The minimum Gasteiger partial charge on any atom is -0.444 e. The second-order valence-corrected chi connectivity index (χ2v) is 6.59. The molecule has 2 aliphatic rings. The molecule has 0 aromatic heterocycles. The first-order valence-electron chi connectivity index (χ1n) is 9.01. The molecule has 0 aliphatic carbocycles. The second-order valence-electron chi connectivity index (χ2n) is 6.59. The van der Waals surface area contributed by atoms with Gasteiger partial charge in [0.25, 0.3) is 0 Å². The molecule has 2 aromatic carbocycles. The van der Waals surface area contributed by atoms with Crippen LogP contribution >= 0.6 is 0 Å². The summed E-state index contributed by atoms with van der Waals surface area (Å²) in [5.41, 5.74) is 9.59. The number of carbonyl (C=O) groups excluding carboxylic acids is 2. The van der Waals surface area contributed by atoms with Crippen molar-refractivity contribution in [2.75, 3.05) is 40.9 Å². The van der Waals surface area contributed by atoms with Crippen molar-refractivity contribution in [3.63, 3.8) is 0 Å². The summed E-state index contributed by atoms with van der Waals surface area (Å²) in [6.07, 6.45) is -1.22. The number of carbonyl (C=O) groups is 2. The van der Waals surface area contributed by atoms with Crippen LogP contribution in [0.2, 0.25) is 0 Å². The van der Waals surface area contributed by atoms with Crippen molar-refractivity contribution >= 4 is 29.2 Å². The van der Waals surface area contributed by atoms with Crippen LogP contribution in [0.25, 0.3) is 10.4 Å². The molecule has 2 aromatic rings. The van der Waals surface area contributed by atoms with Crippen molar-refractivity contribution in [2.45, 2.75) is 6.10 Å². The van der Waals surface area contributed by atoms with Gasteiger partial charge in [0.05, 0.1) is 24.5 Å². The summed E-state index contributed by atoms with van der Waals surface area (Å²) >= 11 is 0. The van der Waals surface area contributed by atoms with E-state index in [4.69, 9.17) is 10.3 Å². The summed E-state index contributed by atoms with van der Waals surface area (Å²) in [5.74, 6) is -0.614. The van der Waals surface area contributed by atoms with E-state index in [-0.39, 0.29) is 24.8 Å². The average Bonchev–Trinajstić information content (AvgIpc) is 3.29. The maximum atomic E-state index is 14.8. The van der Waals surface area contributed by atoms with Crippen molar-refractivity contribution in [2.24, 2.45) is 5.11 Å². The van der Waals surface area contributed by atoms with E-state index in [0.717, 1.165) is 5.69 Å². The third-order valence-corrected chi connectivity index (χ3v) is 4.83. The zero-order valence-corrected chi connectivity index (χ0v) is 15.3. The Morgan fingerprint density at radius 2 is 1.83 bits per heavy atom. The Hall–Kier alpha value is -3.78. The van der Waals surface area contributed by atoms with Gasteiger partial charge in [-0.05, 0) is 35.9 Å². The van der Waals surface area contributed by atoms with E-state index in [2.05, 4.69) is 10.0 Å². The number of urea groups is 1. The van der Waals surface area contributed by atoms with Gasteiger partial charge in [0.15, 0.2) is 0 Å². The van der Waals surface area contributed by atoms with Gasteiger partial charge in [0.2, 0.25) is 0 Å².